The van der Waals surface area contributed by atoms with Crippen molar-refractivity contribution in [2.45, 2.75) is 38.5 Å². The SMILES string of the molecule is O=C(O)N1CCC([C@H]2C[C@H]2CCOc2ccc(CC(=O)N3CCC3)c(F)c2)CC1. The molecule has 0 aromatic heterocycles. The number of carboxylic acid groups (broad SMARTS) is 1. The number of ether oxygens (including phenoxy) is 1. The van der Waals surface area contributed by atoms with E-state index in [1.807, 2.05) is 0 Å². The van der Waals surface area contributed by atoms with Crippen LogP contribution in [0.4, 0.5) is 9.18 Å². The topological polar surface area (TPSA) is 70.1 Å². The number of benzene rings is 1. The lowest BCUT2D eigenvalue weighted by Gasteiger charge is -2.31. The molecule has 2 amide bonds. The van der Waals surface area contributed by atoms with Gasteiger partial charge in [-0.25, -0.2) is 9.18 Å². The minimum absolute atomic E-state index is 0.0159. The molecular weight excluding hydrogens is 375 g/mol. The molecule has 6 nitrogen and oxygen atoms in total. The van der Waals surface area contributed by atoms with Crippen LogP contribution in [0.2, 0.25) is 0 Å². The summed E-state index contributed by atoms with van der Waals surface area (Å²) < 4.78 is 20.0. The van der Waals surface area contributed by atoms with Crippen LogP contribution in [0.15, 0.2) is 18.2 Å². The van der Waals surface area contributed by atoms with Gasteiger partial charge in [-0.1, -0.05) is 6.07 Å². The zero-order chi connectivity index (χ0) is 20.4. The molecule has 3 fully saturated rings. The van der Waals surface area contributed by atoms with Gasteiger partial charge >= 0.3 is 6.09 Å². The molecule has 0 bridgehead atoms. The van der Waals surface area contributed by atoms with Gasteiger partial charge in [-0.15, -0.1) is 0 Å². The minimum atomic E-state index is -0.813. The number of carbonyl (C=O) groups excluding carboxylic acids is 1. The molecule has 0 spiro atoms. The van der Waals surface area contributed by atoms with E-state index >= 15 is 0 Å². The number of carbonyl (C=O) groups is 2. The molecule has 2 aliphatic heterocycles. The number of halogens is 1. The molecule has 158 valence electrons. The fraction of sp³-hybridized carbons (Fsp3) is 0.636. The third-order valence-electron chi connectivity index (χ3n) is 6.73. The Morgan fingerprint density at radius 2 is 1.90 bits per heavy atom. The maximum atomic E-state index is 14.3. The lowest BCUT2D eigenvalue weighted by atomic mass is 9.91. The van der Waals surface area contributed by atoms with Crippen molar-refractivity contribution in [2.75, 3.05) is 32.8 Å². The minimum Gasteiger partial charge on any atom is -0.493 e. The van der Waals surface area contributed by atoms with E-state index in [1.165, 1.54) is 17.4 Å². The van der Waals surface area contributed by atoms with Gasteiger partial charge in [-0.2, -0.15) is 0 Å². The van der Waals surface area contributed by atoms with Gasteiger partial charge in [0.25, 0.3) is 0 Å². The van der Waals surface area contributed by atoms with Crippen LogP contribution >= 0.6 is 0 Å². The van der Waals surface area contributed by atoms with Crippen molar-refractivity contribution in [3.63, 3.8) is 0 Å². The summed E-state index contributed by atoms with van der Waals surface area (Å²) in [6, 6.07) is 4.77. The third-order valence-corrected chi connectivity index (χ3v) is 6.73. The zero-order valence-electron chi connectivity index (χ0n) is 16.7. The van der Waals surface area contributed by atoms with Crippen LogP contribution in [0.5, 0.6) is 5.75 Å². The lowest BCUT2D eigenvalue weighted by molar-refractivity contribution is -0.133. The first-order valence-electron chi connectivity index (χ1n) is 10.7. The number of amides is 2. The number of hydrogen-bond donors (Lipinski definition) is 1. The maximum absolute atomic E-state index is 14.3. The number of likely N-dealkylation sites (tertiary alicyclic amines) is 2. The van der Waals surface area contributed by atoms with Gasteiger partial charge in [0.15, 0.2) is 0 Å². The highest BCUT2D eigenvalue weighted by Gasteiger charge is 2.43. The molecule has 2 heterocycles. The highest BCUT2D eigenvalue weighted by molar-refractivity contribution is 5.79. The normalized spacial score (nSPS) is 24.2. The molecule has 29 heavy (non-hydrogen) atoms. The van der Waals surface area contributed by atoms with Crippen LogP contribution in [0.25, 0.3) is 0 Å². The van der Waals surface area contributed by atoms with Gasteiger partial charge in [-0.05, 0) is 61.5 Å². The van der Waals surface area contributed by atoms with Crippen molar-refractivity contribution in [1.29, 1.82) is 0 Å². The van der Waals surface area contributed by atoms with Crippen molar-refractivity contribution >= 4 is 12.0 Å². The van der Waals surface area contributed by atoms with Gasteiger partial charge in [0.2, 0.25) is 5.91 Å². The Kier molecular flexibility index (Phi) is 5.92. The van der Waals surface area contributed by atoms with E-state index in [4.69, 9.17) is 9.84 Å². The average Bonchev–Trinajstić information content (AvgIpc) is 3.42. The zero-order valence-corrected chi connectivity index (χ0v) is 16.7. The number of rotatable bonds is 7. The molecule has 7 heteroatoms. The quantitative estimate of drug-likeness (QED) is 0.756. The summed E-state index contributed by atoms with van der Waals surface area (Å²) in [5.41, 5.74) is 0.421. The molecule has 2 saturated heterocycles. The van der Waals surface area contributed by atoms with E-state index < -0.39 is 6.09 Å². The largest absolute Gasteiger partial charge is 0.493 e. The molecule has 1 saturated carbocycles. The van der Waals surface area contributed by atoms with E-state index in [-0.39, 0.29) is 18.1 Å². The van der Waals surface area contributed by atoms with Crippen molar-refractivity contribution < 1.29 is 23.8 Å². The second kappa shape index (κ2) is 8.59. The number of nitrogens with zero attached hydrogens (tertiary/aromatic N) is 2. The summed E-state index contributed by atoms with van der Waals surface area (Å²) in [4.78, 5) is 26.2. The molecule has 1 N–H and O–H groups in total. The summed E-state index contributed by atoms with van der Waals surface area (Å²) in [5, 5.41) is 9.04. The van der Waals surface area contributed by atoms with Crippen LogP contribution < -0.4 is 4.74 Å². The summed E-state index contributed by atoms with van der Waals surface area (Å²) in [7, 11) is 0. The van der Waals surface area contributed by atoms with E-state index in [0.717, 1.165) is 38.8 Å². The number of hydrogen-bond acceptors (Lipinski definition) is 3. The van der Waals surface area contributed by atoms with Crippen molar-refractivity contribution in [3.8, 4) is 5.75 Å². The molecular formula is C22H29FN2O4. The third kappa shape index (κ3) is 4.82. The first kappa shape index (κ1) is 20.0. The van der Waals surface area contributed by atoms with E-state index in [2.05, 4.69) is 0 Å². The number of piperidine rings is 1. The molecule has 2 atom stereocenters. The van der Waals surface area contributed by atoms with Crippen molar-refractivity contribution in [3.05, 3.63) is 29.6 Å². The Labute approximate surface area is 170 Å². The Bertz CT molecular complexity index is 759. The fourth-order valence-electron chi connectivity index (χ4n) is 4.63. The molecule has 4 rings (SSSR count). The Morgan fingerprint density at radius 1 is 1.14 bits per heavy atom. The van der Waals surface area contributed by atoms with E-state index in [1.54, 1.807) is 17.0 Å². The fourth-order valence-corrected chi connectivity index (χ4v) is 4.63. The van der Waals surface area contributed by atoms with Gasteiger partial charge in [0.05, 0.1) is 13.0 Å². The Morgan fingerprint density at radius 3 is 2.52 bits per heavy atom. The van der Waals surface area contributed by atoms with Crippen molar-refractivity contribution in [2.24, 2.45) is 17.8 Å². The second-order valence-electron chi connectivity index (χ2n) is 8.57. The summed E-state index contributed by atoms with van der Waals surface area (Å²) in [5.74, 6) is 2.05. The molecule has 1 aromatic carbocycles. The van der Waals surface area contributed by atoms with Crippen LogP contribution in [0.3, 0.4) is 0 Å². The molecule has 1 aliphatic carbocycles. The van der Waals surface area contributed by atoms with Gasteiger partial charge < -0.3 is 19.6 Å². The maximum Gasteiger partial charge on any atom is 0.407 e. The van der Waals surface area contributed by atoms with Crippen LogP contribution in [-0.2, 0) is 11.2 Å². The highest BCUT2D eigenvalue weighted by atomic mass is 19.1. The average molecular weight is 404 g/mol. The monoisotopic (exact) mass is 404 g/mol. The first-order valence-corrected chi connectivity index (χ1v) is 10.7. The van der Waals surface area contributed by atoms with Crippen molar-refractivity contribution in [1.82, 2.24) is 9.80 Å². The molecule has 0 unspecified atom stereocenters. The van der Waals surface area contributed by atoms with Gasteiger partial charge in [-0.3, -0.25) is 4.79 Å². The predicted octanol–water partition coefficient (Wildman–Crippen LogP) is 3.40. The Hall–Kier alpha value is -2.31. The molecule has 0 radical (unpaired) electrons. The van der Waals surface area contributed by atoms with Crippen LogP contribution in [-0.4, -0.2) is 59.7 Å². The summed E-state index contributed by atoms with van der Waals surface area (Å²) in [6.45, 7) is 3.41. The highest BCUT2D eigenvalue weighted by Crippen LogP contribution is 2.49. The predicted molar refractivity (Wildman–Crippen MR) is 105 cm³/mol. The standard InChI is InChI=1S/C22H29FN2O4/c23-20-14-18(3-2-17(20)13-21(26)24-7-1-8-24)29-11-6-16-12-19(16)15-4-9-25(10-5-15)22(27)28/h2-3,14-16,19H,1,4-13H2,(H,27,28)/t16-,19-/m1/s1. The first-order chi connectivity index (χ1) is 14.0. The lowest BCUT2D eigenvalue weighted by Crippen LogP contribution is -2.42. The van der Waals surface area contributed by atoms with Gasteiger partial charge in [0, 0.05) is 32.2 Å². The molecule has 3 aliphatic rings. The summed E-state index contributed by atoms with van der Waals surface area (Å²) >= 11 is 0. The van der Waals surface area contributed by atoms with Gasteiger partial charge in [0.1, 0.15) is 11.6 Å². The van der Waals surface area contributed by atoms with Crippen LogP contribution in [0.1, 0.15) is 37.7 Å². The second-order valence-corrected chi connectivity index (χ2v) is 8.57. The van der Waals surface area contributed by atoms with E-state index in [0.29, 0.717) is 48.8 Å². The Balaban J connectivity index is 1.17. The van der Waals surface area contributed by atoms with Crippen LogP contribution in [0, 0.1) is 23.6 Å². The smallest absolute Gasteiger partial charge is 0.407 e. The van der Waals surface area contributed by atoms with E-state index in [9.17, 15) is 14.0 Å². The molecule has 1 aromatic rings. The summed E-state index contributed by atoms with van der Waals surface area (Å²) in [6.07, 6.45) is 4.37.